The highest BCUT2D eigenvalue weighted by Gasteiger charge is 2.29. The maximum absolute atomic E-state index is 12.4. The van der Waals surface area contributed by atoms with Crippen LogP contribution in [-0.2, 0) is 4.79 Å². The summed E-state index contributed by atoms with van der Waals surface area (Å²) >= 11 is 5.69. The number of aromatic nitrogens is 1. The van der Waals surface area contributed by atoms with Crippen molar-refractivity contribution in [2.45, 2.75) is 6.42 Å². The van der Waals surface area contributed by atoms with Gasteiger partial charge in [0, 0.05) is 18.5 Å². The summed E-state index contributed by atoms with van der Waals surface area (Å²) in [6.45, 7) is 0. The van der Waals surface area contributed by atoms with E-state index in [1.165, 1.54) is 4.90 Å². The summed E-state index contributed by atoms with van der Waals surface area (Å²) in [5.74, 6) is 0.155. The molecule has 0 spiro atoms. The maximum Gasteiger partial charge on any atom is 0.257 e. The first-order valence-electron chi connectivity index (χ1n) is 6.46. The molecule has 0 aliphatic carbocycles. The molecule has 1 N–H and O–H groups in total. The molecule has 2 aromatic rings. The van der Waals surface area contributed by atoms with E-state index in [0.717, 1.165) is 0 Å². The van der Waals surface area contributed by atoms with E-state index >= 15 is 0 Å². The molecule has 1 aliphatic rings. The predicted molar refractivity (Wildman–Crippen MR) is 81.1 cm³/mol. The van der Waals surface area contributed by atoms with Crippen LogP contribution in [0.15, 0.2) is 42.6 Å². The lowest BCUT2D eigenvalue weighted by Gasteiger charge is -2.22. The number of benzene rings is 1. The van der Waals surface area contributed by atoms with Gasteiger partial charge in [0.2, 0.25) is 5.91 Å². The second kappa shape index (κ2) is 5.54. The number of hydrogen-bond acceptors (Lipinski definition) is 3. The van der Waals surface area contributed by atoms with Gasteiger partial charge >= 0.3 is 0 Å². The van der Waals surface area contributed by atoms with Crippen LogP contribution in [0.5, 0.6) is 0 Å². The fourth-order valence-electron chi connectivity index (χ4n) is 2.28. The molecule has 1 aromatic heterocycles. The van der Waals surface area contributed by atoms with E-state index in [1.807, 2.05) is 0 Å². The number of carbonyl (C=O) groups is 2. The SMILES string of the molecule is O=C1Nc2cccnc2N(C(=O)CCCl)c2ccccc21. The zero-order valence-electron chi connectivity index (χ0n) is 11.0. The second-order valence-electron chi connectivity index (χ2n) is 4.51. The van der Waals surface area contributed by atoms with Gasteiger partial charge in [0.05, 0.1) is 16.9 Å². The predicted octanol–water partition coefficient (Wildman–Crippen LogP) is 2.94. The number of alkyl halides is 1. The molecule has 0 saturated carbocycles. The number of fused-ring (bicyclic) bond motifs is 2. The summed E-state index contributed by atoms with van der Waals surface area (Å²) < 4.78 is 0. The van der Waals surface area contributed by atoms with Gasteiger partial charge in [-0.2, -0.15) is 0 Å². The second-order valence-corrected chi connectivity index (χ2v) is 4.89. The largest absolute Gasteiger partial charge is 0.319 e. The number of anilines is 3. The van der Waals surface area contributed by atoms with Gasteiger partial charge in [-0.05, 0) is 24.3 Å². The summed E-state index contributed by atoms with van der Waals surface area (Å²) in [4.78, 5) is 30.4. The van der Waals surface area contributed by atoms with Crippen molar-refractivity contribution in [1.29, 1.82) is 0 Å². The van der Waals surface area contributed by atoms with Crippen molar-refractivity contribution in [3.8, 4) is 0 Å². The smallest absolute Gasteiger partial charge is 0.257 e. The Bertz CT molecular complexity index is 718. The summed E-state index contributed by atoms with van der Waals surface area (Å²) in [6.07, 6.45) is 1.75. The molecule has 6 heteroatoms. The Morgan fingerprint density at radius 2 is 2.05 bits per heavy atom. The summed E-state index contributed by atoms with van der Waals surface area (Å²) in [6, 6.07) is 10.4. The molecule has 1 aromatic carbocycles. The average molecular weight is 302 g/mol. The molecule has 3 rings (SSSR count). The van der Waals surface area contributed by atoms with Crippen molar-refractivity contribution in [2.24, 2.45) is 0 Å². The fourth-order valence-corrected chi connectivity index (χ4v) is 2.44. The molecule has 0 unspecified atom stereocenters. The summed E-state index contributed by atoms with van der Waals surface area (Å²) in [7, 11) is 0. The Morgan fingerprint density at radius 3 is 2.86 bits per heavy atom. The molecule has 21 heavy (non-hydrogen) atoms. The van der Waals surface area contributed by atoms with Crippen molar-refractivity contribution in [3.63, 3.8) is 0 Å². The first-order valence-corrected chi connectivity index (χ1v) is 7.00. The molecule has 0 saturated heterocycles. The van der Waals surface area contributed by atoms with Crippen molar-refractivity contribution >= 4 is 40.6 Å². The number of halogens is 1. The number of hydrogen-bond donors (Lipinski definition) is 1. The van der Waals surface area contributed by atoms with Crippen LogP contribution in [0.1, 0.15) is 16.8 Å². The van der Waals surface area contributed by atoms with Gasteiger partial charge in [-0.1, -0.05) is 12.1 Å². The van der Waals surface area contributed by atoms with Gasteiger partial charge in [0.25, 0.3) is 5.91 Å². The molecular weight excluding hydrogens is 290 g/mol. The van der Waals surface area contributed by atoms with Crippen LogP contribution in [0.4, 0.5) is 17.2 Å². The van der Waals surface area contributed by atoms with Crippen LogP contribution in [0.25, 0.3) is 0 Å². The minimum absolute atomic E-state index is 0.167. The van der Waals surface area contributed by atoms with Crippen LogP contribution in [-0.4, -0.2) is 22.7 Å². The van der Waals surface area contributed by atoms with Crippen LogP contribution >= 0.6 is 11.6 Å². The Kier molecular flexibility index (Phi) is 3.58. The average Bonchev–Trinajstić information content (AvgIpc) is 2.62. The van der Waals surface area contributed by atoms with Crippen LogP contribution in [0, 0.1) is 0 Å². The Hall–Kier alpha value is -2.40. The molecule has 1 aliphatic heterocycles. The Labute approximate surface area is 126 Å². The molecular formula is C15H12ClN3O2. The number of para-hydroxylation sites is 1. The lowest BCUT2D eigenvalue weighted by atomic mass is 10.1. The normalized spacial score (nSPS) is 13.0. The molecule has 106 valence electrons. The molecule has 0 fully saturated rings. The monoisotopic (exact) mass is 301 g/mol. The zero-order valence-corrected chi connectivity index (χ0v) is 11.8. The van der Waals surface area contributed by atoms with Crippen LogP contribution < -0.4 is 10.2 Å². The number of nitrogens with zero attached hydrogens (tertiary/aromatic N) is 2. The number of rotatable bonds is 2. The summed E-state index contributed by atoms with van der Waals surface area (Å²) in [5.41, 5.74) is 1.45. The van der Waals surface area contributed by atoms with E-state index in [9.17, 15) is 9.59 Å². The highest BCUT2D eigenvalue weighted by molar-refractivity contribution is 6.21. The maximum atomic E-state index is 12.4. The topological polar surface area (TPSA) is 62.3 Å². The first-order chi connectivity index (χ1) is 10.2. The van der Waals surface area contributed by atoms with E-state index in [0.29, 0.717) is 22.8 Å². The molecule has 0 radical (unpaired) electrons. The molecule has 0 bridgehead atoms. The summed E-state index contributed by atoms with van der Waals surface area (Å²) in [5, 5.41) is 2.78. The Morgan fingerprint density at radius 1 is 1.24 bits per heavy atom. The van der Waals surface area contributed by atoms with E-state index < -0.39 is 0 Å². The van der Waals surface area contributed by atoms with Gasteiger partial charge in [0.15, 0.2) is 5.82 Å². The minimum atomic E-state index is -0.263. The van der Waals surface area contributed by atoms with Crippen LogP contribution in [0.3, 0.4) is 0 Å². The van der Waals surface area contributed by atoms with Crippen molar-refractivity contribution < 1.29 is 9.59 Å². The van der Waals surface area contributed by atoms with Gasteiger partial charge in [-0.25, -0.2) is 4.98 Å². The number of carbonyl (C=O) groups excluding carboxylic acids is 2. The van der Waals surface area contributed by atoms with Crippen LogP contribution in [0.2, 0.25) is 0 Å². The first kappa shape index (κ1) is 13.6. The third-order valence-electron chi connectivity index (χ3n) is 3.19. The molecule has 0 atom stereocenters. The molecule has 5 nitrogen and oxygen atoms in total. The molecule has 2 amide bonds. The molecule has 2 heterocycles. The van der Waals surface area contributed by atoms with Crippen molar-refractivity contribution in [2.75, 3.05) is 16.1 Å². The third-order valence-corrected chi connectivity index (χ3v) is 3.38. The Balaban J connectivity index is 2.23. The van der Waals surface area contributed by atoms with Crippen molar-refractivity contribution in [3.05, 3.63) is 48.2 Å². The van der Waals surface area contributed by atoms with E-state index in [2.05, 4.69) is 10.3 Å². The number of nitrogens with one attached hydrogen (secondary N) is 1. The lowest BCUT2D eigenvalue weighted by molar-refractivity contribution is -0.117. The third kappa shape index (κ3) is 2.36. The fraction of sp³-hybridized carbons (Fsp3) is 0.133. The highest BCUT2D eigenvalue weighted by atomic mass is 35.5. The van der Waals surface area contributed by atoms with Gasteiger partial charge in [0.1, 0.15) is 0 Å². The van der Waals surface area contributed by atoms with E-state index in [-0.39, 0.29) is 24.1 Å². The van der Waals surface area contributed by atoms with Gasteiger partial charge < -0.3 is 5.32 Å². The standard InChI is InChI=1S/C15H12ClN3O2/c16-8-7-13(20)19-12-6-2-1-4-10(12)15(21)18-11-5-3-9-17-14(11)19/h1-6,9H,7-8H2,(H,18,21). The number of pyridine rings is 1. The van der Waals surface area contributed by atoms with Crippen molar-refractivity contribution in [1.82, 2.24) is 4.98 Å². The van der Waals surface area contributed by atoms with E-state index in [4.69, 9.17) is 11.6 Å². The number of amides is 2. The lowest BCUT2D eigenvalue weighted by Crippen LogP contribution is -2.27. The quantitative estimate of drug-likeness (QED) is 0.868. The van der Waals surface area contributed by atoms with Gasteiger partial charge in [-0.15, -0.1) is 11.6 Å². The zero-order chi connectivity index (χ0) is 14.8. The van der Waals surface area contributed by atoms with Gasteiger partial charge in [-0.3, -0.25) is 14.5 Å². The minimum Gasteiger partial charge on any atom is -0.319 e. The highest BCUT2D eigenvalue weighted by Crippen LogP contribution is 2.36. The van der Waals surface area contributed by atoms with E-state index in [1.54, 1.807) is 42.6 Å².